The summed E-state index contributed by atoms with van der Waals surface area (Å²) in [4.78, 5) is 31.1. The van der Waals surface area contributed by atoms with Gasteiger partial charge in [-0.25, -0.2) is 4.79 Å². The molecule has 0 saturated carbocycles. The molecule has 4 rings (SSSR count). The van der Waals surface area contributed by atoms with Gasteiger partial charge in [0, 0.05) is 11.3 Å². The number of fused-ring (bicyclic) bond motifs is 1. The Morgan fingerprint density at radius 3 is 2.92 bits per heavy atom. The Morgan fingerprint density at radius 1 is 1.24 bits per heavy atom. The second-order valence-corrected chi connectivity index (χ2v) is 5.82. The number of carbonyl (C=O) groups is 1. The van der Waals surface area contributed by atoms with E-state index < -0.39 is 11.5 Å². The van der Waals surface area contributed by atoms with Crippen molar-refractivity contribution in [1.29, 1.82) is 0 Å². The summed E-state index contributed by atoms with van der Waals surface area (Å²) in [6, 6.07) is 10.9. The zero-order valence-electron chi connectivity index (χ0n) is 13.3. The number of hydrogen-bond donors (Lipinski definition) is 1. The summed E-state index contributed by atoms with van der Waals surface area (Å²) in [7, 11) is 0. The largest absolute Gasteiger partial charge is 0.452 e. The normalized spacial score (nSPS) is 12.8. The Bertz CT molecular complexity index is 975. The van der Waals surface area contributed by atoms with E-state index in [4.69, 9.17) is 9.26 Å². The molecule has 7 heteroatoms. The molecule has 1 aliphatic rings. The van der Waals surface area contributed by atoms with Gasteiger partial charge < -0.3 is 14.2 Å². The van der Waals surface area contributed by atoms with E-state index in [2.05, 4.69) is 15.1 Å². The number of nitrogens with one attached hydrogen (secondary N) is 1. The Balaban J connectivity index is 1.46. The van der Waals surface area contributed by atoms with Gasteiger partial charge in [-0.2, -0.15) is 4.98 Å². The molecule has 1 aromatic carbocycles. The molecule has 0 fully saturated rings. The molecule has 1 N–H and O–H groups in total. The Kier molecular flexibility index (Phi) is 3.89. The number of ether oxygens (including phenoxy) is 1. The third kappa shape index (κ3) is 3.08. The molecule has 0 spiro atoms. The summed E-state index contributed by atoms with van der Waals surface area (Å²) in [5.74, 6) is -0.109. The third-order valence-electron chi connectivity index (χ3n) is 4.13. The molecule has 0 radical (unpaired) electrons. The molecule has 0 aliphatic heterocycles. The average Bonchev–Trinajstić information content (AvgIpc) is 3.28. The van der Waals surface area contributed by atoms with Gasteiger partial charge in [-0.05, 0) is 30.9 Å². The van der Waals surface area contributed by atoms with Crippen molar-refractivity contribution in [2.24, 2.45) is 0 Å². The first-order valence-electron chi connectivity index (χ1n) is 8.01. The first-order valence-corrected chi connectivity index (χ1v) is 8.01. The van der Waals surface area contributed by atoms with Crippen molar-refractivity contribution < 1.29 is 14.1 Å². The van der Waals surface area contributed by atoms with Crippen molar-refractivity contribution in [2.45, 2.75) is 25.9 Å². The van der Waals surface area contributed by atoms with Gasteiger partial charge in [0.15, 0.2) is 6.61 Å². The van der Waals surface area contributed by atoms with Crippen LogP contribution < -0.4 is 5.56 Å². The van der Waals surface area contributed by atoms with E-state index in [1.165, 1.54) is 0 Å². The van der Waals surface area contributed by atoms with Gasteiger partial charge in [0.05, 0.1) is 0 Å². The number of benzene rings is 1. The van der Waals surface area contributed by atoms with Crippen LogP contribution in [0.15, 0.2) is 45.7 Å². The first kappa shape index (κ1) is 15.3. The molecule has 0 bridgehead atoms. The van der Waals surface area contributed by atoms with Crippen molar-refractivity contribution in [3.63, 3.8) is 0 Å². The SMILES string of the molecule is O=C(OCc1nc(-c2ccccc2)no1)c1cc2c([nH]c1=O)CCC2. The Hall–Kier alpha value is -3.22. The molecule has 3 aromatic rings. The lowest BCUT2D eigenvalue weighted by atomic mass is 10.1. The molecule has 2 heterocycles. The lowest BCUT2D eigenvalue weighted by molar-refractivity contribution is 0.0427. The highest BCUT2D eigenvalue weighted by Crippen LogP contribution is 2.19. The number of rotatable bonds is 4. The lowest BCUT2D eigenvalue weighted by Crippen LogP contribution is -2.21. The summed E-state index contributed by atoms with van der Waals surface area (Å²) in [6.07, 6.45) is 2.68. The summed E-state index contributed by atoms with van der Waals surface area (Å²) >= 11 is 0. The van der Waals surface area contributed by atoms with E-state index in [1.807, 2.05) is 30.3 Å². The molecule has 1 aliphatic carbocycles. The molecule has 7 nitrogen and oxygen atoms in total. The minimum absolute atomic E-state index is 0.00319. The third-order valence-corrected chi connectivity index (χ3v) is 4.13. The van der Waals surface area contributed by atoms with Crippen LogP contribution >= 0.6 is 0 Å². The molecule has 2 aromatic heterocycles. The number of aromatic amines is 1. The van der Waals surface area contributed by atoms with Crippen LogP contribution in [-0.2, 0) is 24.2 Å². The van der Waals surface area contributed by atoms with Crippen LogP contribution in [0.25, 0.3) is 11.4 Å². The molecular formula is C18H15N3O4. The van der Waals surface area contributed by atoms with Crippen LogP contribution in [0, 0.1) is 0 Å². The molecule has 0 unspecified atom stereocenters. The molecular weight excluding hydrogens is 322 g/mol. The maximum atomic E-state index is 12.2. The number of carbonyl (C=O) groups excluding carboxylic acids is 1. The Morgan fingerprint density at radius 2 is 2.08 bits per heavy atom. The highest BCUT2D eigenvalue weighted by Gasteiger charge is 2.20. The van der Waals surface area contributed by atoms with E-state index >= 15 is 0 Å². The van der Waals surface area contributed by atoms with Crippen LogP contribution in [0.2, 0.25) is 0 Å². The van der Waals surface area contributed by atoms with Crippen molar-refractivity contribution in [1.82, 2.24) is 15.1 Å². The zero-order valence-corrected chi connectivity index (χ0v) is 13.3. The van der Waals surface area contributed by atoms with E-state index in [-0.39, 0.29) is 18.1 Å². The molecule has 0 atom stereocenters. The summed E-state index contributed by atoms with van der Waals surface area (Å²) < 4.78 is 10.2. The quantitative estimate of drug-likeness (QED) is 0.733. The summed E-state index contributed by atoms with van der Waals surface area (Å²) in [5, 5.41) is 3.86. The van der Waals surface area contributed by atoms with Crippen LogP contribution in [-0.4, -0.2) is 21.1 Å². The topological polar surface area (TPSA) is 98.1 Å². The summed E-state index contributed by atoms with van der Waals surface area (Å²) in [6.45, 7) is -0.185. The number of H-pyrrole nitrogens is 1. The van der Waals surface area contributed by atoms with Gasteiger partial charge in [-0.1, -0.05) is 35.5 Å². The van der Waals surface area contributed by atoms with E-state index in [0.717, 1.165) is 36.1 Å². The van der Waals surface area contributed by atoms with Crippen molar-refractivity contribution in [3.8, 4) is 11.4 Å². The van der Waals surface area contributed by atoms with Gasteiger partial charge in [-0.3, -0.25) is 4.79 Å². The van der Waals surface area contributed by atoms with Crippen molar-refractivity contribution >= 4 is 5.97 Å². The standard InChI is InChI=1S/C18H15N3O4/c22-17-13(9-12-7-4-8-14(12)19-17)18(23)24-10-15-20-16(21-25-15)11-5-2-1-3-6-11/h1-3,5-6,9H,4,7-8,10H2,(H,19,22). The second-order valence-electron chi connectivity index (χ2n) is 5.82. The number of nitrogens with zero attached hydrogens (tertiary/aromatic N) is 2. The van der Waals surface area contributed by atoms with Crippen LogP contribution in [0.4, 0.5) is 0 Å². The van der Waals surface area contributed by atoms with Gasteiger partial charge >= 0.3 is 5.97 Å². The number of hydrogen-bond acceptors (Lipinski definition) is 6. The van der Waals surface area contributed by atoms with Gasteiger partial charge in [0.1, 0.15) is 5.56 Å². The maximum Gasteiger partial charge on any atom is 0.344 e. The lowest BCUT2D eigenvalue weighted by Gasteiger charge is -2.04. The first-order chi connectivity index (χ1) is 12.2. The van der Waals surface area contributed by atoms with Crippen LogP contribution in [0.1, 0.15) is 33.9 Å². The monoisotopic (exact) mass is 337 g/mol. The highest BCUT2D eigenvalue weighted by molar-refractivity contribution is 5.89. The smallest absolute Gasteiger partial charge is 0.344 e. The fourth-order valence-corrected chi connectivity index (χ4v) is 2.89. The van der Waals surface area contributed by atoms with Crippen molar-refractivity contribution in [2.75, 3.05) is 0 Å². The molecule has 126 valence electrons. The molecule has 25 heavy (non-hydrogen) atoms. The number of esters is 1. The maximum absolute atomic E-state index is 12.2. The minimum atomic E-state index is -0.699. The number of aryl methyl sites for hydroxylation is 2. The highest BCUT2D eigenvalue weighted by atomic mass is 16.6. The zero-order chi connectivity index (χ0) is 17.2. The average molecular weight is 337 g/mol. The predicted octanol–water partition coefficient (Wildman–Crippen LogP) is 2.27. The molecule has 0 amide bonds. The van der Waals surface area contributed by atoms with Gasteiger partial charge in [-0.15, -0.1) is 0 Å². The molecule has 0 saturated heterocycles. The summed E-state index contributed by atoms with van der Waals surface area (Å²) in [5.41, 5.74) is 2.28. The van der Waals surface area contributed by atoms with Gasteiger partial charge in [0.25, 0.3) is 11.4 Å². The Labute approximate surface area is 142 Å². The number of aromatic nitrogens is 3. The number of pyridine rings is 1. The van der Waals surface area contributed by atoms with Gasteiger partial charge in [0.2, 0.25) is 5.82 Å². The second kappa shape index (κ2) is 6.35. The fraction of sp³-hybridized carbons (Fsp3) is 0.222. The predicted molar refractivity (Wildman–Crippen MR) is 87.9 cm³/mol. The van der Waals surface area contributed by atoms with E-state index in [1.54, 1.807) is 6.07 Å². The van der Waals surface area contributed by atoms with E-state index in [0.29, 0.717) is 5.82 Å². The van der Waals surface area contributed by atoms with E-state index in [9.17, 15) is 9.59 Å². The minimum Gasteiger partial charge on any atom is -0.452 e. The van der Waals surface area contributed by atoms with Crippen LogP contribution in [0.3, 0.4) is 0 Å². The fourth-order valence-electron chi connectivity index (χ4n) is 2.89. The van der Waals surface area contributed by atoms with Crippen molar-refractivity contribution in [3.05, 3.63) is 69.5 Å². The van der Waals surface area contributed by atoms with Crippen LogP contribution in [0.5, 0.6) is 0 Å².